The molecule has 3 heterocycles. The molecule has 2 N–H and O–H groups in total. The van der Waals surface area contributed by atoms with Crippen LogP contribution in [0.25, 0.3) is 21.1 Å². The van der Waals surface area contributed by atoms with Crippen molar-refractivity contribution in [3.05, 3.63) is 45.8 Å². The number of aromatic nitrogens is 4. The Labute approximate surface area is 148 Å². The van der Waals surface area contributed by atoms with E-state index in [1.165, 1.54) is 11.5 Å². The molecule has 114 valence electrons. The Morgan fingerprint density at radius 3 is 3.09 bits per heavy atom. The van der Waals surface area contributed by atoms with E-state index in [2.05, 4.69) is 47.5 Å². The van der Waals surface area contributed by atoms with E-state index in [1.54, 1.807) is 6.20 Å². The van der Waals surface area contributed by atoms with Crippen LogP contribution in [0, 0.1) is 3.57 Å². The standard InChI is InChI=1S/C15H10IN5OS/c16-9-5-6-17-14-13(9)19-20-15(14)18-12(22)7-10-8-3-1-2-4-11(8)23-21-10/h1-6H,7H2,(H2,18,19,20,22). The van der Waals surface area contributed by atoms with Gasteiger partial charge in [0.25, 0.3) is 0 Å². The smallest absolute Gasteiger partial charge is 0.231 e. The Bertz CT molecular complexity index is 1020. The molecule has 4 aromatic rings. The summed E-state index contributed by atoms with van der Waals surface area (Å²) in [5.41, 5.74) is 2.27. The predicted molar refractivity (Wildman–Crippen MR) is 98.6 cm³/mol. The number of halogens is 1. The third-order valence-electron chi connectivity index (χ3n) is 3.44. The molecular weight excluding hydrogens is 425 g/mol. The average Bonchev–Trinajstić information content (AvgIpc) is 3.14. The van der Waals surface area contributed by atoms with Crippen molar-refractivity contribution in [2.45, 2.75) is 6.42 Å². The van der Waals surface area contributed by atoms with Gasteiger partial charge in [0.2, 0.25) is 5.91 Å². The number of amides is 1. The molecule has 6 nitrogen and oxygen atoms in total. The van der Waals surface area contributed by atoms with Gasteiger partial charge in [-0.3, -0.25) is 14.9 Å². The van der Waals surface area contributed by atoms with Crippen LogP contribution in [-0.4, -0.2) is 25.5 Å². The molecule has 0 saturated carbocycles. The number of carbonyl (C=O) groups is 1. The maximum Gasteiger partial charge on any atom is 0.231 e. The molecule has 0 atom stereocenters. The van der Waals surface area contributed by atoms with E-state index in [0.717, 1.165) is 24.9 Å². The van der Waals surface area contributed by atoms with Crippen molar-refractivity contribution in [3.8, 4) is 0 Å². The van der Waals surface area contributed by atoms with E-state index >= 15 is 0 Å². The molecule has 23 heavy (non-hydrogen) atoms. The van der Waals surface area contributed by atoms with Gasteiger partial charge in [-0.15, -0.1) is 0 Å². The van der Waals surface area contributed by atoms with E-state index < -0.39 is 0 Å². The van der Waals surface area contributed by atoms with Crippen LogP contribution in [0.3, 0.4) is 0 Å². The van der Waals surface area contributed by atoms with E-state index in [1.807, 2.05) is 30.3 Å². The first kappa shape index (κ1) is 14.5. The summed E-state index contributed by atoms with van der Waals surface area (Å²) in [4.78, 5) is 16.6. The summed E-state index contributed by atoms with van der Waals surface area (Å²) < 4.78 is 6.46. The van der Waals surface area contributed by atoms with Gasteiger partial charge >= 0.3 is 0 Å². The quantitative estimate of drug-likeness (QED) is 0.484. The van der Waals surface area contributed by atoms with Crippen LogP contribution in [-0.2, 0) is 11.2 Å². The highest BCUT2D eigenvalue weighted by atomic mass is 127. The molecule has 0 spiro atoms. The van der Waals surface area contributed by atoms with E-state index in [0.29, 0.717) is 11.3 Å². The lowest BCUT2D eigenvalue weighted by atomic mass is 10.2. The molecule has 0 fully saturated rings. The molecule has 0 bridgehead atoms. The van der Waals surface area contributed by atoms with Crippen LogP contribution in [0.4, 0.5) is 5.82 Å². The number of rotatable bonds is 3. The summed E-state index contributed by atoms with van der Waals surface area (Å²) in [5, 5.41) is 10.9. The number of nitrogens with one attached hydrogen (secondary N) is 2. The molecule has 0 unspecified atom stereocenters. The lowest BCUT2D eigenvalue weighted by Gasteiger charge is -2.01. The van der Waals surface area contributed by atoms with Gasteiger partial charge in [-0.25, -0.2) is 0 Å². The maximum absolute atomic E-state index is 12.3. The zero-order valence-corrected chi connectivity index (χ0v) is 14.7. The van der Waals surface area contributed by atoms with E-state index in [4.69, 9.17) is 0 Å². The molecule has 0 radical (unpaired) electrons. The molecule has 3 aromatic heterocycles. The molecule has 0 aliphatic rings. The number of pyridine rings is 1. The van der Waals surface area contributed by atoms with E-state index in [9.17, 15) is 4.79 Å². The fraction of sp³-hybridized carbons (Fsp3) is 0.0667. The van der Waals surface area contributed by atoms with Crippen molar-refractivity contribution in [1.82, 2.24) is 19.6 Å². The number of carbonyl (C=O) groups excluding carboxylic acids is 1. The fourth-order valence-corrected chi connectivity index (χ4v) is 3.70. The third kappa shape index (κ3) is 2.68. The Morgan fingerprint density at radius 1 is 1.30 bits per heavy atom. The number of benzene rings is 1. The number of nitrogens with zero attached hydrogens (tertiary/aromatic N) is 3. The van der Waals surface area contributed by atoms with Crippen LogP contribution in [0.2, 0.25) is 0 Å². The number of H-pyrrole nitrogens is 1. The van der Waals surface area contributed by atoms with Gasteiger partial charge in [0.1, 0.15) is 5.52 Å². The predicted octanol–water partition coefficient (Wildman–Crippen LogP) is 3.35. The summed E-state index contributed by atoms with van der Waals surface area (Å²) >= 11 is 3.60. The van der Waals surface area contributed by atoms with Crippen molar-refractivity contribution in [3.63, 3.8) is 0 Å². The molecule has 0 saturated heterocycles. The molecule has 0 aliphatic carbocycles. The molecule has 1 amide bonds. The Hall–Kier alpha value is -2.07. The average molecular weight is 435 g/mol. The topological polar surface area (TPSA) is 83.6 Å². The van der Waals surface area contributed by atoms with Gasteiger partial charge in [0, 0.05) is 15.2 Å². The highest BCUT2D eigenvalue weighted by Crippen LogP contribution is 2.24. The van der Waals surface area contributed by atoms with Gasteiger partial charge in [-0.2, -0.15) is 9.47 Å². The van der Waals surface area contributed by atoms with Crippen molar-refractivity contribution < 1.29 is 4.79 Å². The van der Waals surface area contributed by atoms with Crippen LogP contribution < -0.4 is 5.32 Å². The first-order chi connectivity index (χ1) is 11.2. The van der Waals surface area contributed by atoms with Gasteiger partial charge in [-0.1, -0.05) is 18.2 Å². The number of aromatic amines is 1. The zero-order valence-electron chi connectivity index (χ0n) is 11.7. The third-order valence-corrected chi connectivity index (χ3v) is 5.21. The highest BCUT2D eigenvalue weighted by Gasteiger charge is 2.15. The van der Waals surface area contributed by atoms with Crippen LogP contribution in [0.5, 0.6) is 0 Å². The Balaban J connectivity index is 1.59. The monoisotopic (exact) mass is 435 g/mol. The normalized spacial score (nSPS) is 11.2. The van der Waals surface area contributed by atoms with Gasteiger partial charge < -0.3 is 5.32 Å². The summed E-state index contributed by atoms with van der Waals surface area (Å²) in [6, 6.07) is 9.78. The summed E-state index contributed by atoms with van der Waals surface area (Å²) in [5.74, 6) is 0.290. The fourth-order valence-electron chi connectivity index (χ4n) is 2.37. The zero-order chi connectivity index (χ0) is 15.8. The largest absolute Gasteiger partial charge is 0.307 e. The van der Waals surface area contributed by atoms with Gasteiger partial charge in [0.15, 0.2) is 5.82 Å². The minimum atomic E-state index is -0.157. The number of hydrogen-bond donors (Lipinski definition) is 2. The summed E-state index contributed by atoms with van der Waals surface area (Å²) in [7, 11) is 0. The first-order valence-corrected chi connectivity index (χ1v) is 8.69. The Morgan fingerprint density at radius 2 is 2.17 bits per heavy atom. The summed E-state index contributed by atoms with van der Waals surface area (Å²) in [6.45, 7) is 0. The minimum absolute atomic E-state index is 0.157. The van der Waals surface area contributed by atoms with Crippen LogP contribution in [0.15, 0.2) is 36.5 Å². The molecule has 0 aliphatic heterocycles. The lowest BCUT2D eigenvalue weighted by Crippen LogP contribution is -2.15. The maximum atomic E-state index is 12.3. The van der Waals surface area contributed by atoms with Crippen molar-refractivity contribution >= 4 is 67.0 Å². The minimum Gasteiger partial charge on any atom is -0.307 e. The second-order valence-electron chi connectivity index (χ2n) is 4.94. The van der Waals surface area contributed by atoms with Crippen LogP contribution in [0.1, 0.15) is 5.69 Å². The number of hydrogen-bond acceptors (Lipinski definition) is 5. The Kier molecular flexibility index (Phi) is 3.69. The SMILES string of the molecule is O=C(Cc1nsc2ccccc12)Nc1n[nH]c2c(I)ccnc12. The lowest BCUT2D eigenvalue weighted by molar-refractivity contribution is -0.115. The second-order valence-corrected chi connectivity index (χ2v) is 6.91. The highest BCUT2D eigenvalue weighted by molar-refractivity contribution is 14.1. The first-order valence-electron chi connectivity index (χ1n) is 6.84. The van der Waals surface area contributed by atoms with Crippen molar-refractivity contribution in [2.24, 2.45) is 0 Å². The molecule has 4 rings (SSSR count). The van der Waals surface area contributed by atoms with E-state index in [-0.39, 0.29) is 12.3 Å². The van der Waals surface area contributed by atoms with Crippen LogP contribution >= 0.6 is 34.1 Å². The molecule has 8 heteroatoms. The van der Waals surface area contributed by atoms with Gasteiger partial charge in [-0.05, 0) is 46.3 Å². The second kappa shape index (κ2) is 5.85. The van der Waals surface area contributed by atoms with Crippen molar-refractivity contribution in [1.29, 1.82) is 0 Å². The molecular formula is C15H10IN5OS. The number of anilines is 1. The molecule has 1 aromatic carbocycles. The summed E-state index contributed by atoms with van der Waals surface area (Å²) in [6.07, 6.45) is 1.91. The van der Waals surface area contributed by atoms with Crippen molar-refractivity contribution in [2.75, 3.05) is 5.32 Å². The van der Waals surface area contributed by atoms with Gasteiger partial charge in [0.05, 0.1) is 22.3 Å². The number of fused-ring (bicyclic) bond motifs is 2.